The molecular formula is C26H23N3O4S. The summed E-state index contributed by atoms with van der Waals surface area (Å²) in [5.74, 6) is 0.567. The summed E-state index contributed by atoms with van der Waals surface area (Å²) in [7, 11) is 1.60. The van der Waals surface area contributed by atoms with E-state index in [1.165, 1.54) is 22.9 Å². The third-order valence-corrected chi connectivity index (χ3v) is 6.64. The highest BCUT2D eigenvalue weighted by Gasteiger charge is 2.40. The predicted molar refractivity (Wildman–Crippen MR) is 130 cm³/mol. The summed E-state index contributed by atoms with van der Waals surface area (Å²) in [4.78, 5) is 27.9. The molecule has 0 spiro atoms. The fourth-order valence-electron chi connectivity index (χ4n) is 3.56. The Kier molecular flexibility index (Phi) is 7.04. The van der Waals surface area contributed by atoms with E-state index in [-0.39, 0.29) is 18.0 Å². The van der Waals surface area contributed by atoms with Crippen molar-refractivity contribution in [2.45, 2.75) is 25.1 Å². The Labute approximate surface area is 202 Å². The first-order valence-corrected chi connectivity index (χ1v) is 11.5. The first kappa shape index (κ1) is 23.2. The normalized spacial score (nSPS) is 16.8. The summed E-state index contributed by atoms with van der Waals surface area (Å²) in [5.41, 5.74) is 2.50. The van der Waals surface area contributed by atoms with Crippen molar-refractivity contribution in [1.29, 1.82) is 5.26 Å². The Morgan fingerprint density at radius 1 is 1.18 bits per heavy atom. The molecule has 7 nitrogen and oxygen atoms in total. The number of carbonyl (C=O) groups excluding carboxylic acids is 2. The van der Waals surface area contributed by atoms with Gasteiger partial charge in [-0.25, -0.2) is 0 Å². The molecule has 172 valence electrons. The number of methoxy groups -OCH3 is 1. The second-order valence-corrected chi connectivity index (χ2v) is 8.91. The van der Waals surface area contributed by atoms with Crippen LogP contribution in [0.15, 0.2) is 81.9 Å². The maximum Gasteiger partial charge on any atom is 0.265 e. The molecule has 1 aromatic heterocycles. The van der Waals surface area contributed by atoms with Gasteiger partial charge < -0.3 is 14.5 Å². The molecule has 0 saturated carbocycles. The molecule has 8 heteroatoms. The Hall–Kier alpha value is -3.96. The Balaban J connectivity index is 1.66. The van der Waals surface area contributed by atoms with E-state index in [2.05, 4.69) is 5.32 Å². The molecule has 0 bridgehead atoms. The lowest BCUT2D eigenvalue weighted by Gasteiger charge is -2.19. The smallest absolute Gasteiger partial charge is 0.265 e. The van der Waals surface area contributed by atoms with Gasteiger partial charge in [-0.15, -0.1) is 0 Å². The van der Waals surface area contributed by atoms with Crippen LogP contribution in [0.1, 0.15) is 16.9 Å². The lowest BCUT2D eigenvalue weighted by atomic mass is 10.1. The third-order valence-electron chi connectivity index (χ3n) is 5.38. The minimum Gasteiger partial charge on any atom is -0.497 e. The number of ether oxygens (including phenoxy) is 1. The highest BCUT2D eigenvalue weighted by atomic mass is 32.2. The van der Waals surface area contributed by atoms with Gasteiger partial charge in [-0.3, -0.25) is 14.5 Å². The summed E-state index contributed by atoms with van der Waals surface area (Å²) in [6.45, 7) is 2.10. The lowest BCUT2D eigenvalue weighted by Crippen LogP contribution is -2.32. The zero-order valence-corrected chi connectivity index (χ0v) is 19.6. The van der Waals surface area contributed by atoms with Crippen LogP contribution in [0.5, 0.6) is 5.75 Å². The molecule has 1 fully saturated rings. The molecule has 1 unspecified atom stereocenters. The summed E-state index contributed by atoms with van der Waals surface area (Å²) in [6.07, 6.45) is 1.96. The van der Waals surface area contributed by atoms with Crippen LogP contribution in [0.4, 0.5) is 5.69 Å². The number of amides is 2. The molecule has 4 rings (SSSR count). The van der Waals surface area contributed by atoms with Gasteiger partial charge in [0, 0.05) is 5.69 Å². The van der Waals surface area contributed by atoms with Crippen molar-refractivity contribution < 1.29 is 18.7 Å². The molecule has 1 N–H and O–H groups in total. The van der Waals surface area contributed by atoms with Gasteiger partial charge in [-0.05, 0) is 55.3 Å². The molecule has 1 atom stereocenters. The minimum atomic E-state index is -0.559. The number of thioether (sulfide) groups is 1. The molecule has 0 radical (unpaired) electrons. The van der Waals surface area contributed by atoms with Crippen LogP contribution in [0.2, 0.25) is 0 Å². The number of rotatable bonds is 7. The summed E-state index contributed by atoms with van der Waals surface area (Å²) in [5, 5.41) is 12.4. The number of benzene rings is 2. The number of aryl methyl sites for hydroxylation is 1. The molecule has 2 heterocycles. The minimum absolute atomic E-state index is 0.109. The van der Waals surface area contributed by atoms with Crippen LogP contribution in [-0.2, 0) is 22.6 Å². The maximum atomic E-state index is 13.5. The third kappa shape index (κ3) is 5.00. The van der Waals surface area contributed by atoms with E-state index in [9.17, 15) is 14.9 Å². The van der Waals surface area contributed by atoms with E-state index in [4.69, 9.17) is 9.15 Å². The summed E-state index contributed by atoms with van der Waals surface area (Å²) >= 11 is 1.23. The van der Waals surface area contributed by atoms with Crippen molar-refractivity contribution in [3.05, 3.63) is 94.4 Å². The fraction of sp³-hybridized carbons (Fsp3) is 0.192. The zero-order valence-electron chi connectivity index (χ0n) is 18.8. The number of nitriles is 1. The lowest BCUT2D eigenvalue weighted by molar-refractivity contribution is -0.117. The summed E-state index contributed by atoms with van der Waals surface area (Å²) < 4.78 is 10.5. The van der Waals surface area contributed by atoms with Gasteiger partial charge in [-0.1, -0.05) is 41.6 Å². The van der Waals surface area contributed by atoms with Gasteiger partial charge in [0.1, 0.15) is 28.2 Å². The number of furan rings is 1. The predicted octanol–water partition coefficient (Wildman–Crippen LogP) is 4.34. The second-order valence-electron chi connectivity index (χ2n) is 7.72. The first-order valence-electron chi connectivity index (χ1n) is 10.7. The molecule has 1 saturated heterocycles. The molecule has 2 amide bonds. The maximum absolute atomic E-state index is 13.5. The zero-order chi connectivity index (χ0) is 24.1. The summed E-state index contributed by atoms with van der Waals surface area (Å²) in [6, 6.07) is 20.4. The largest absolute Gasteiger partial charge is 0.497 e. The average molecular weight is 474 g/mol. The topological polar surface area (TPSA) is 95.6 Å². The number of carbonyl (C=O) groups is 2. The quantitative estimate of drug-likeness (QED) is 0.405. The Morgan fingerprint density at radius 2 is 1.91 bits per heavy atom. The second kappa shape index (κ2) is 10.3. The van der Waals surface area contributed by atoms with Crippen molar-refractivity contribution in [3.63, 3.8) is 0 Å². The molecule has 3 aromatic rings. The highest BCUT2D eigenvalue weighted by molar-refractivity contribution is 8.05. The molecular weight excluding hydrogens is 450 g/mol. The van der Waals surface area contributed by atoms with Gasteiger partial charge in [0.25, 0.3) is 5.91 Å². The van der Waals surface area contributed by atoms with E-state index in [0.717, 1.165) is 16.9 Å². The SMILES string of the molecule is COc1ccc(CC2S/C(=C(/C#N)C(=O)NCc3ccco3)N(c3ccc(C)cc3)C2=O)cc1. The molecule has 1 aliphatic heterocycles. The van der Waals surface area contributed by atoms with Crippen LogP contribution >= 0.6 is 11.8 Å². The van der Waals surface area contributed by atoms with Crippen LogP contribution in [0.3, 0.4) is 0 Å². The standard InChI is InChI=1S/C26H23N3O4S/c1-17-5-9-19(10-6-17)29-25(31)23(14-18-7-11-20(32-2)12-8-18)34-26(29)22(15-27)24(30)28-16-21-4-3-13-33-21/h3-13,23H,14,16H2,1-2H3,(H,28,30)/b26-22-. The van der Waals surface area contributed by atoms with Crippen LogP contribution in [0, 0.1) is 18.3 Å². The van der Waals surface area contributed by atoms with Crippen molar-refractivity contribution in [2.24, 2.45) is 0 Å². The molecule has 34 heavy (non-hydrogen) atoms. The van der Waals surface area contributed by atoms with Crippen LogP contribution in [-0.4, -0.2) is 24.2 Å². The Morgan fingerprint density at radius 3 is 2.53 bits per heavy atom. The van der Waals surface area contributed by atoms with E-state index in [1.807, 2.05) is 61.5 Å². The number of nitrogens with one attached hydrogen (secondary N) is 1. The fourth-order valence-corrected chi connectivity index (χ4v) is 4.87. The van der Waals surface area contributed by atoms with E-state index >= 15 is 0 Å². The average Bonchev–Trinajstić information content (AvgIpc) is 3.48. The van der Waals surface area contributed by atoms with Gasteiger partial charge in [0.05, 0.1) is 25.2 Å². The van der Waals surface area contributed by atoms with Crippen LogP contribution in [0.25, 0.3) is 0 Å². The van der Waals surface area contributed by atoms with Crippen molar-refractivity contribution in [3.8, 4) is 11.8 Å². The molecule has 1 aliphatic rings. The number of hydrogen-bond acceptors (Lipinski definition) is 6. The van der Waals surface area contributed by atoms with Gasteiger partial charge in [0.15, 0.2) is 0 Å². The van der Waals surface area contributed by atoms with E-state index in [1.54, 1.807) is 19.2 Å². The molecule has 2 aromatic carbocycles. The molecule has 0 aliphatic carbocycles. The number of hydrogen-bond donors (Lipinski definition) is 1. The number of nitrogens with zero attached hydrogens (tertiary/aromatic N) is 2. The van der Waals surface area contributed by atoms with Crippen molar-refractivity contribution in [1.82, 2.24) is 5.32 Å². The monoisotopic (exact) mass is 473 g/mol. The van der Waals surface area contributed by atoms with Gasteiger partial charge >= 0.3 is 0 Å². The number of anilines is 1. The van der Waals surface area contributed by atoms with Crippen LogP contribution < -0.4 is 15.0 Å². The van der Waals surface area contributed by atoms with E-state index < -0.39 is 11.2 Å². The van der Waals surface area contributed by atoms with E-state index in [0.29, 0.717) is 22.9 Å². The van der Waals surface area contributed by atoms with Crippen molar-refractivity contribution in [2.75, 3.05) is 12.0 Å². The Bertz CT molecular complexity index is 1240. The van der Waals surface area contributed by atoms with Gasteiger partial charge in [0.2, 0.25) is 5.91 Å². The first-order chi connectivity index (χ1) is 16.5. The highest BCUT2D eigenvalue weighted by Crippen LogP contribution is 2.42. The van der Waals surface area contributed by atoms with Gasteiger partial charge in [-0.2, -0.15) is 5.26 Å². The van der Waals surface area contributed by atoms with Crippen molar-refractivity contribution >= 4 is 29.3 Å².